The van der Waals surface area contributed by atoms with Crippen molar-refractivity contribution in [2.75, 3.05) is 7.11 Å². The number of carbonyl (C=O) groups is 1. The van der Waals surface area contributed by atoms with Crippen LogP contribution >= 0.6 is 11.3 Å². The van der Waals surface area contributed by atoms with Crippen molar-refractivity contribution in [1.82, 2.24) is 0 Å². The topological polar surface area (TPSA) is 46.5 Å². The molecule has 0 aliphatic heterocycles. The normalized spacial score (nSPS) is 10.5. The Morgan fingerprint density at radius 1 is 1.47 bits per heavy atom. The van der Waals surface area contributed by atoms with E-state index in [2.05, 4.69) is 4.74 Å². The van der Waals surface area contributed by atoms with Crippen LogP contribution in [0.3, 0.4) is 0 Å². The number of phenolic OH excluding ortho intramolecular Hbond substituents is 1. The van der Waals surface area contributed by atoms with Crippen LogP contribution in [0, 0.1) is 6.92 Å². The van der Waals surface area contributed by atoms with Crippen LogP contribution in [0.4, 0.5) is 0 Å². The molecule has 0 bridgehead atoms. The van der Waals surface area contributed by atoms with E-state index in [-0.39, 0.29) is 11.7 Å². The summed E-state index contributed by atoms with van der Waals surface area (Å²) in [6, 6.07) is 5.07. The molecule has 1 aromatic heterocycles. The van der Waals surface area contributed by atoms with Crippen molar-refractivity contribution in [3.8, 4) is 5.75 Å². The first kappa shape index (κ1) is 9.98. The summed E-state index contributed by atoms with van der Waals surface area (Å²) in [5.74, 6) is -0.118. The number of rotatable bonds is 1. The van der Waals surface area contributed by atoms with Crippen molar-refractivity contribution in [2.45, 2.75) is 6.92 Å². The highest BCUT2D eigenvalue weighted by Crippen LogP contribution is 2.33. The standard InChI is InChI=1S/C11H10O3S/c1-6-8-5-7(12)3-4-9(8)15-10(6)11(13)14-2/h3-5,12H,1-2H3. The summed E-state index contributed by atoms with van der Waals surface area (Å²) in [5.41, 5.74) is 0.859. The summed E-state index contributed by atoms with van der Waals surface area (Å²) in [6.45, 7) is 1.85. The van der Waals surface area contributed by atoms with Gasteiger partial charge in [-0.3, -0.25) is 0 Å². The number of esters is 1. The zero-order chi connectivity index (χ0) is 11.0. The predicted octanol–water partition coefficient (Wildman–Crippen LogP) is 2.70. The Hall–Kier alpha value is -1.55. The van der Waals surface area contributed by atoms with Crippen LogP contribution in [0.15, 0.2) is 18.2 Å². The van der Waals surface area contributed by atoms with Gasteiger partial charge in [0.25, 0.3) is 0 Å². The first-order chi connectivity index (χ1) is 7.13. The molecular weight excluding hydrogens is 212 g/mol. The number of benzene rings is 1. The third kappa shape index (κ3) is 1.57. The van der Waals surface area contributed by atoms with Gasteiger partial charge in [-0.1, -0.05) is 0 Å². The molecule has 2 aromatic rings. The first-order valence-corrected chi connectivity index (χ1v) is 5.25. The monoisotopic (exact) mass is 222 g/mol. The van der Waals surface area contributed by atoms with Gasteiger partial charge in [-0.25, -0.2) is 4.79 Å². The number of ether oxygens (including phenoxy) is 1. The Morgan fingerprint density at radius 3 is 2.87 bits per heavy atom. The number of methoxy groups -OCH3 is 1. The van der Waals surface area contributed by atoms with Crippen LogP contribution < -0.4 is 0 Å². The maximum Gasteiger partial charge on any atom is 0.348 e. The fraction of sp³-hybridized carbons (Fsp3) is 0.182. The lowest BCUT2D eigenvalue weighted by molar-refractivity contribution is 0.0605. The second-order valence-corrected chi connectivity index (χ2v) is 4.28. The van der Waals surface area contributed by atoms with E-state index >= 15 is 0 Å². The molecule has 0 atom stereocenters. The molecular formula is C11H10O3S. The third-order valence-electron chi connectivity index (χ3n) is 2.29. The van der Waals surface area contributed by atoms with Gasteiger partial charge in [0, 0.05) is 4.70 Å². The number of fused-ring (bicyclic) bond motifs is 1. The fourth-order valence-electron chi connectivity index (χ4n) is 1.50. The maximum atomic E-state index is 11.4. The van der Waals surface area contributed by atoms with E-state index in [4.69, 9.17) is 0 Å². The lowest BCUT2D eigenvalue weighted by Gasteiger charge is -1.96. The van der Waals surface area contributed by atoms with Gasteiger partial charge in [0.05, 0.1) is 7.11 Å². The number of hydrogen-bond donors (Lipinski definition) is 1. The van der Waals surface area contributed by atoms with Gasteiger partial charge in [0.1, 0.15) is 10.6 Å². The maximum absolute atomic E-state index is 11.4. The molecule has 0 unspecified atom stereocenters. The van der Waals surface area contributed by atoms with Crippen molar-refractivity contribution < 1.29 is 14.6 Å². The van der Waals surface area contributed by atoms with Crippen molar-refractivity contribution in [3.05, 3.63) is 28.6 Å². The average Bonchev–Trinajstić information content (AvgIpc) is 2.55. The van der Waals surface area contributed by atoms with Crippen LogP contribution in [0.1, 0.15) is 15.2 Å². The second kappa shape index (κ2) is 3.55. The van der Waals surface area contributed by atoms with Gasteiger partial charge < -0.3 is 9.84 Å². The zero-order valence-corrected chi connectivity index (χ0v) is 9.22. The summed E-state index contributed by atoms with van der Waals surface area (Å²) in [6.07, 6.45) is 0. The number of aryl methyl sites for hydroxylation is 1. The lowest BCUT2D eigenvalue weighted by atomic mass is 10.1. The number of aromatic hydroxyl groups is 1. The molecule has 0 saturated carbocycles. The average molecular weight is 222 g/mol. The summed E-state index contributed by atoms with van der Waals surface area (Å²) in [7, 11) is 1.36. The highest BCUT2D eigenvalue weighted by molar-refractivity contribution is 7.21. The van der Waals surface area contributed by atoms with E-state index in [0.717, 1.165) is 15.6 Å². The van der Waals surface area contributed by atoms with Crippen molar-refractivity contribution in [1.29, 1.82) is 0 Å². The molecule has 4 heteroatoms. The van der Waals surface area contributed by atoms with Gasteiger partial charge in [0.15, 0.2) is 0 Å². The molecule has 1 N–H and O–H groups in total. The molecule has 0 aliphatic rings. The number of phenols is 1. The Labute approximate surface area is 90.9 Å². The summed E-state index contributed by atoms with van der Waals surface area (Å²) in [5, 5.41) is 10.3. The van der Waals surface area contributed by atoms with Crippen molar-refractivity contribution in [2.24, 2.45) is 0 Å². The van der Waals surface area contributed by atoms with Crippen LogP contribution in [-0.4, -0.2) is 18.2 Å². The zero-order valence-electron chi connectivity index (χ0n) is 8.40. The summed E-state index contributed by atoms with van der Waals surface area (Å²) < 4.78 is 5.66. The number of hydrogen-bond acceptors (Lipinski definition) is 4. The molecule has 0 aliphatic carbocycles. The van der Waals surface area contributed by atoms with Gasteiger partial charge >= 0.3 is 5.97 Å². The molecule has 2 rings (SSSR count). The Morgan fingerprint density at radius 2 is 2.20 bits per heavy atom. The van der Waals surface area contributed by atoms with E-state index in [9.17, 15) is 9.90 Å². The molecule has 15 heavy (non-hydrogen) atoms. The molecule has 0 radical (unpaired) electrons. The highest BCUT2D eigenvalue weighted by Gasteiger charge is 2.15. The van der Waals surface area contributed by atoms with Crippen LogP contribution in [-0.2, 0) is 4.74 Å². The molecule has 0 saturated heterocycles. The van der Waals surface area contributed by atoms with Gasteiger partial charge in [-0.05, 0) is 36.1 Å². The van der Waals surface area contributed by atoms with E-state index in [1.165, 1.54) is 18.4 Å². The SMILES string of the molecule is COC(=O)c1sc2ccc(O)cc2c1C. The highest BCUT2D eigenvalue weighted by atomic mass is 32.1. The minimum Gasteiger partial charge on any atom is -0.508 e. The van der Waals surface area contributed by atoms with Gasteiger partial charge in [0.2, 0.25) is 0 Å². The smallest absolute Gasteiger partial charge is 0.348 e. The minimum absolute atomic E-state index is 0.208. The van der Waals surface area contributed by atoms with Crippen molar-refractivity contribution >= 4 is 27.4 Å². The Kier molecular flexibility index (Phi) is 2.36. The van der Waals surface area contributed by atoms with Gasteiger partial charge in [-0.15, -0.1) is 11.3 Å². The number of carbonyl (C=O) groups excluding carboxylic acids is 1. The Bertz CT molecular complexity index is 528. The van der Waals surface area contributed by atoms with E-state index in [1.54, 1.807) is 18.2 Å². The van der Waals surface area contributed by atoms with Gasteiger partial charge in [-0.2, -0.15) is 0 Å². The lowest BCUT2D eigenvalue weighted by Crippen LogP contribution is -1.99. The molecule has 1 aromatic carbocycles. The Balaban J connectivity index is 2.69. The third-order valence-corrected chi connectivity index (χ3v) is 3.54. The molecule has 0 fully saturated rings. The van der Waals surface area contributed by atoms with E-state index in [1.807, 2.05) is 6.92 Å². The summed E-state index contributed by atoms with van der Waals surface area (Å²) >= 11 is 1.38. The molecule has 0 amide bonds. The first-order valence-electron chi connectivity index (χ1n) is 4.44. The predicted molar refractivity (Wildman–Crippen MR) is 59.6 cm³/mol. The largest absolute Gasteiger partial charge is 0.508 e. The summed E-state index contributed by atoms with van der Waals surface area (Å²) in [4.78, 5) is 12.0. The number of thiophene rings is 1. The van der Waals surface area contributed by atoms with E-state index < -0.39 is 0 Å². The van der Waals surface area contributed by atoms with Crippen LogP contribution in [0.5, 0.6) is 5.75 Å². The molecule has 78 valence electrons. The van der Waals surface area contributed by atoms with E-state index in [0.29, 0.717) is 4.88 Å². The van der Waals surface area contributed by atoms with Crippen LogP contribution in [0.2, 0.25) is 0 Å². The second-order valence-electron chi connectivity index (χ2n) is 3.23. The molecule has 3 nitrogen and oxygen atoms in total. The minimum atomic E-state index is -0.326. The van der Waals surface area contributed by atoms with Crippen molar-refractivity contribution in [3.63, 3.8) is 0 Å². The quantitative estimate of drug-likeness (QED) is 0.754. The fourth-order valence-corrected chi connectivity index (χ4v) is 2.60. The molecule has 0 spiro atoms. The van der Waals surface area contributed by atoms with Crippen LogP contribution in [0.25, 0.3) is 10.1 Å². The molecule has 1 heterocycles.